The minimum atomic E-state index is -1.43. The Bertz CT molecular complexity index is 614. The molecule has 0 spiro atoms. The standard InChI is InChI=1S/C21H34O11/c1-13(11-25-31-20(5,6)7)17(22)15(3)27-29-19(24)30-28-16(4)18(23)14(2)12-26-32-21(8,9)10/h15-16H,1-2,11-12H2,3-10H3. The molecule has 11 nitrogen and oxygen atoms in total. The van der Waals surface area contributed by atoms with Crippen molar-refractivity contribution < 1.29 is 53.5 Å². The van der Waals surface area contributed by atoms with Crippen LogP contribution in [0.5, 0.6) is 0 Å². The normalized spacial score (nSPS) is 13.8. The van der Waals surface area contributed by atoms with Crippen LogP contribution in [0.4, 0.5) is 4.79 Å². The van der Waals surface area contributed by atoms with Crippen LogP contribution in [-0.2, 0) is 48.7 Å². The summed E-state index contributed by atoms with van der Waals surface area (Å²) in [6, 6.07) is 0. The molecule has 0 aliphatic carbocycles. The highest BCUT2D eigenvalue weighted by atomic mass is 17.3. The van der Waals surface area contributed by atoms with Gasteiger partial charge in [0.25, 0.3) is 0 Å². The Kier molecular flexibility index (Phi) is 12.5. The SMILES string of the molecule is C=C(COOC(C)(C)C)C(=O)C(C)OOC(=O)OOC(C)C(=O)C(=C)COOC(C)(C)C. The first kappa shape index (κ1) is 29.9. The van der Waals surface area contributed by atoms with E-state index in [1.807, 2.05) is 0 Å². The van der Waals surface area contributed by atoms with Gasteiger partial charge in [0.05, 0.1) is 11.2 Å². The molecule has 0 bridgehead atoms. The molecule has 11 heteroatoms. The molecule has 0 saturated heterocycles. The molecule has 2 atom stereocenters. The lowest BCUT2D eigenvalue weighted by molar-refractivity contribution is -0.344. The average molecular weight is 462 g/mol. The molecule has 0 amide bonds. The molecule has 184 valence electrons. The van der Waals surface area contributed by atoms with E-state index < -0.39 is 41.1 Å². The lowest BCUT2D eigenvalue weighted by Crippen LogP contribution is -2.29. The molecule has 32 heavy (non-hydrogen) atoms. The smallest absolute Gasteiger partial charge is 0.291 e. The van der Waals surface area contributed by atoms with Crippen molar-refractivity contribution in [1.29, 1.82) is 0 Å². The van der Waals surface area contributed by atoms with Crippen LogP contribution in [0, 0.1) is 0 Å². The summed E-state index contributed by atoms with van der Waals surface area (Å²) < 4.78 is 0. The minimum Gasteiger partial charge on any atom is -0.291 e. The molecule has 0 aromatic rings. The van der Waals surface area contributed by atoms with Gasteiger partial charge in [-0.1, -0.05) is 13.2 Å². The van der Waals surface area contributed by atoms with E-state index >= 15 is 0 Å². The van der Waals surface area contributed by atoms with Gasteiger partial charge in [-0.05, 0) is 55.4 Å². The molecule has 0 aliphatic rings. The minimum absolute atomic E-state index is 0.0327. The van der Waals surface area contributed by atoms with Gasteiger partial charge < -0.3 is 0 Å². The van der Waals surface area contributed by atoms with Crippen LogP contribution in [-0.4, -0.2) is 54.3 Å². The van der Waals surface area contributed by atoms with Crippen LogP contribution < -0.4 is 0 Å². The third kappa shape index (κ3) is 14.0. The first-order valence-corrected chi connectivity index (χ1v) is 9.79. The summed E-state index contributed by atoms with van der Waals surface area (Å²) in [5.41, 5.74) is -1.05. The summed E-state index contributed by atoms with van der Waals surface area (Å²) in [7, 11) is 0. The van der Waals surface area contributed by atoms with Gasteiger partial charge >= 0.3 is 6.16 Å². The first-order valence-electron chi connectivity index (χ1n) is 9.79. The van der Waals surface area contributed by atoms with E-state index in [9.17, 15) is 14.4 Å². The lowest BCUT2D eigenvalue weighted by Gasteiger charge is -2.18. The number of ketones is 2. The van der Waals surface area contributed by atoms with E-state index in [0.29, 0.717) is 0 Å². The van der Waals surface area contributed by atoms with Gasteiger partial charge in [-0.3, -0.25) is 19.4 Å². The zero-order valence-electron chi connectivity index (χ0n) is 20.0. The second-order valence-corrected chi connectivity index (χ2v) is 8.74. The first-order chi connectivity index (χ1) is 14.5. The second-order valence-electron chi connectivity index (χ2n) is 8.74. The van der Waals surface area contributed by atoms with Gasteiger partial charge in [0.2, 0.25) is 0 Å². The second kappa shape index (κ2) is 13.4. The van der Waals surface area contributed by atoms with Gasteiger partial charge in [-0.15, -0.1) is 0 Å². The number of carbonyl (C=O) groups is 3. The Morgan fingerprint density at radius 1 is 0.688 bits per heavy atom. The fourth-order valence-electron chi connectivity index (χ4n) is 1.60. The summed E-state index contributed by atoms with van der Waals surface area (Å²) in [6.07, 6.45) is -3.83. The highest BCUT2D eigenvalue weighted by molar-refractivity contribution is 5.98. The van der Waals surface area contributed by atoms with Crippen molar-refractivity contribution in [2.75, 3.05) is 13.2 Å². The van der Waals surface area contributed by atoms with E-state index in [1.54, 1.807) is 41.5 Å². The molecule has 0 saturated carbocycles. The van der Waals surface area contributed by atoms with Crippen molar-refractivity contribution in [3.63, 3.8) is 0 Å². The number of hydrogen-bond acceptors (Lipinski definition) is 11. The Morgan fingerprint density at radius 2 is 1.00 bits per heavy atom. The highest BCUT2D eigenvalue weighted by Gasteiger charge is 2.24. The molecular weight excluding hydrogens is 428 g/mol. The molecule has 0 radical (unpaired) electrons. The maximum atomic E-state index is 12.1. The van der Waals surface area contributed by atoms with Crippen LogP contribution in [0.15, 0.2) is 24.3 Å². The van der Waals surface area contributed by atoms with Crippen molar-refractivity contribution in [2.24, 2.45) is 0 Å². The number of hydrogen-bond donors (Lipinski definition) is 0. The molecule has 0 heterocycles. The van der Waals surface area contributed by atoms with E-state index in [0.717, 1.165) is 0 Å². The van der Waals surface area contributed by atoms with Crippen LogP contribution in [0.25, 0.3) is 0 Å². The topological polar surface area (TPSA) is 125 Å². The molecule has 2 unspecified atom stereocenters. The maximum absolute atomic E-state index is 12.1. The Hall–Kier alpha value is -2.15. The van der Waals surface area contributed by atoms with E-state index in [2.05, 4.69) is 32.7 Å². The van der Waals surface area contributed by atoms with Crippen LogP contribution >= 0.6 is 0 Å². The monoisotopic (exact) mass is 462 g/mol. The highest BCUT2D eigenvalue weighted by Crippen LogP contribution is 2.11. The number of rotatable bonds is 14. The zero-order valence-corrected chi connectivity index (χ0v) is 20.0. The summed E-state index contributed by atoms with van der Waals surface area (Å²) >= 11 is 0. The predicted octanol–water partition coefficient (Wildman–Crippen LogP) is 3.52. The summed E-state index contributed by atoms with van der Waals surface area (Å²) in [5.74, 6) is -1.18. The Morgan fingerprint density at radius 3 is 1.28 bits per heavy atom. The Balaban J connectivity index is 4.26. The molecule has 0 aliphatic heterocycles. The summed E-state index contributed by atoms with van der Waals surface area (Å²) in [4.78, 5) is 73.6. The molecule has 0 aromatic heterocycles. The zero-order chi connectivity index (χ0) is 25.1. The number of Topliss-reactive ketones (excluding diaryl/α,β-unsaturated/α-hetero) is 2. The summed E-state index contributed by atoms with van der Waals surface area (Å²) in [5, 5.41) is 0. The van der Waals surface area contributed by atoms with Crippen LogP contribution in [0.2, 0.25) is 0 Å². The molecule has 0 aromatic carbocycles. The van der Waals surface area contributed by atoms with E-state index in [1.165, 1.54) is 13.8 Å². The van der Waals surface area contributed by atoms with Gasteiger partial charge in [-0.2, -0.15) is 14.6 Å². The Labute approximate surface area is 188 Å². The third-order valence-corrected chi connectivity index (χ3v) is 3.04. The molecule has 0 rings (SSSR count). The van der Waals surface area contributed by atoms with Crippen LogP contribution in [0.3, 0.4) is 0 Å². The van der Waals surface area contributed by atoms with Crippen molar-refractivity contribution in [1.82, 2.24) is 0 Å². The predicted molar refractivity (Wildman–Crippen MR) is 111 cm³/mol. The molecule has 0 fully saturated rings. The maximum Gasteiger partial charge on any atom is 0.573 e. The van der Waals surface area contributed by atoms with Crippen molar-refractivity contribution in [2.45, 2.75) is 78.8 Å². The lowest BCUT2D eigenvalue weighted by atomic mass is 10.1. The van der Waals surface area contributed by atoms with E-state index in [4.69, 9.17) is 19.6 Å². The third-order valence-electron chi connectivity index (χ3n) is 3.04. The van der Waals surface area contributed by atoms with Crippen molar-refractivity contribution in [3.05, 3.63) is 24.3 Å². The van der Waals surface area contributed by atoms with Gasteiger partial charge in [0.1, 0.15) is 13.2 Å². The van der Waals surface area contributed by atoms with Crippen LogP contribution in [0.1, 0.15) is 55.4 Å². The van der Waals surface area contributed by atoms with E-state index in [-0.39, 0.29) is 24.4 Å². The van der Waals surface area contributed by atoms with Gasteiger partial charge in [0, 0.05) is 11.1 Å². The van der Waals surface area contributed by atoms with Crippen molar-refractivity contribution in [3.8, 4) is 0 Å². The quantitative estimate of drug-likeness (QED) is 0.214. The van der Waals surface area contributed by atoms with Gasteiger partial charge in [-0.25, -0.2) is 19.6 Å². The fraction of sp³-hybridized carbons (Fsp3) is 0.667. The fourth-order valence-corrected chi connectivity index (χ4v) is 1.60. The number of carbonyl (C=O) groups excluding carboxylic acids is 3. The van der Waals surface area contributed by atoms with Crippen molar-refractivity contribution >= 4 is 17.7 Å². The molecular formula is C21H34O11. The largest absolute Gasteiger partial charge is 0.573 e. The summed E-state index contributed by atoms with van der Waals surface area (Å²) in [6.45, 7) is 20.0. The van der Waals surface area contributed by atoms with Gasteiger partial charge in [0.15, 0.2) is 23.8 Å². The average Bonchev–Trinajstić information content (AvgIpc) is 2.66. The molecule has 0 N–H and O–H groups in total.